The lowest BCUT2D eigenvalue weighted by molar-refractivity contribution is -0.116. The van der Waals surface area contributed by atoms with Gasteiger partial charge in [-0.3, -0.25) is 0 Å². The van der Waals surface area contributed by atoms with E-state index < -0.39 is 0 Å². The third-order valence-electron chi connectivity index (χ3n) is 6.00. The van der Waals surface area contributed by atoms with Gasteiger partial charge in [0.2, 0.25) is 0 Å². The van der Waals surface area contributed by atoms with Crippen LogP contribution in [-0.4, -0.2) is 10.8 Å². The van der Waals surface area contributed by atoms with Gasteiger partial charge in [-0.1, -0.05) is 31.0 Å². The van der Waals surface area contributed by atoms with Gasteiger partial charge in [0, 0.05) is 29.1 Å². The van der Waals surface area contributed by atoms with E-state index in [1.54, 1.807) is 13.0 Å². The van der Waals surface area contributed by atoms with Crippen molar-refractivity contribution in [3.05, 3.63) is 64.6 Å². The summed E-state index contributed by atoms with van der Waals surface area (Å²) in [6, 6.07) is 11.7. The van der Waals surface area contributed by atoms with Crippen LogP contribution < -0.4 is 4.74 Å². The first-order chi connectivity index (χ1) is 14.0. The van der Waals surface area contributed by atoms with Crippen molar-refractivity contribution in [2.24, 2.45) is 0 Å². The van der Waals surface area contributed by atoms with Crippen LogP contribution in [0, 0.1) is 12.7 Å². The molecule has 0 amide bonds. The zero-order chi connectivity index (χ0) is 20.4. The molecule has 3 aromatic rings. The molecule has 4 rings (SSSR count). The number of rotatable bonds is 7. The number of nitrogens with one attached hydrogen (secondary N) is 1. The van der Waals surface area contributed by atoms with Crippen LogP contribution in [0.2, 0.25) is 0 Å². The third-order valence-corrected chi connectivity index (χ3v) is 6.00. The molecule has 1 aromatic heterocycles. The number of H-pyrrole nitrogens is 1. The summed E-state index contributed by atoms with van der Waals surface area (Å²) in [5, 5.41) is 0.896. The first-order valence-corrected chi connectivity index (χ1v) is 10.5. The van der Waals surface area contributed by atoms with E-state index in [4.69, 9.17) is 4.74 Å². The number of aromatic nitrogens is 1. The number of carbonyl (C=O) groups is 1. The number of aromatic amines is 1. The number of carbonyl (C=O) groups excluding carboxylic acids is 1. The van der Waals surface area contributed by atoms with Crippen molar-refractivity contribution < 1.29 is 13.9 Å². The molecule has 1 heterocycles. The maximum atomic E-state index is 14.5. The van der Waals surface area contributed by atoms with E-state index in [1.165, 1.54) is 42.9 Å². The Bertz CT molecular complexity index is 1030. The lowest BCUT2D eigenvalue weighted by atomic mass is 9.92. The Morgan fingerprint density at radius 1 is 1.17 bits per heavy atom. The van der Waals surface area contributed by atoms with Crippen molar-refractivity contribution in [3.8, 4) is 5.75 Å². The molecule has 3 nitrogen and oxygen atoms in total. The highest BCUT2D eigenvalue weighted by molar-refractivity contribution is 5.82. The lowest BCUT2D eigenvalue weighted by Gasteiger charge is -2.15. The van der Waals surface area contributed by atoms with Crippen molar-refractivity contribution in [3.63, 3.8) is 0 Å². The van der Waals surface area contributed by atoms with Gasteiger partial charge in [0.05, 0.1) is 0 Å². The topological polar surface area (TPSA) is 42.1 Å². The molecule has 4 heteroatoms. The van der Waals surface area contributed by atoms with Crippen molar-refractivity contribution in [1.29, 1.82) is 0 Å². The van der Waals surface area contributed by atoms with Crippen LogP contribution in [0.5, 0.6) is 5.75 Å². The van der Waals surface area contributed by atoms with E-state index in [1.807, 2.05) is 6.07 Å². The van der Waals surface area contributed by atoms with Gasteiger partial charge >= 0.3 is 0 Å². The summed E-state index contributed by atoms with van der Waals surface area (Å²) in [7, 11) is 0. The normalized spacial score (nSPS) is 14.6. The van der Waals surface area contributed by atoms with E-state index in [-0.39, 0.29) is 17.3 Å². The minimum atomic E-state index is -0.378. The number of ether oxygens (including phenoxy) is 1. The largest absolute Gasteiger partial charge is 0.486 e. The second kappa shape index (κ2) is 8.40. The molecule has 0 atom stereocenters. The number of benzene rings is 2. The fraction of sp³-hybridized carbons (Fsp3) is 0.400. The Balaban J connectivity index is 1.46. The molecule has 0 saturated heterocycles. The van der Waals surface area contributed by atoms with E-state index in [0.29, 0.717) is 25.4 Å². The SMILES string of the molecule is CC(=O)CCc1cc2cc(OCc3ccc(C4CCCC4)c(C)c3)c(F)cc2[nH]1. The number of halogens is 1. The van der Waals surface area contributed by atoms with Gasteiger partial charge in [0.1, 0.15) is 12.4 Å². The van der Waals surface area contributed by atoms with Gasteiger partial charge in [-0.15, -0.1) is 0 Å². The van der Waals surface area contributed by atoms with Gasteiger partial charge < -0.3 is 14.5 Å². The van der Waals surface area contributed by atoms with E-state index >= 15 is 0 Å². The summed E-state index contributed by atoms with van der Waals surface area (Å²) in [6.07, 6.45) is 6.34. The van der Waals surface area contributed by atoms with Gasteiger partial charge in [-0.2, -0.15) is 0 Å². The van der Waals surface area contributed by atoms with Crippen LogP contribution in [-0.2, 0) is 17.8 Å². The van der Waals surface area contributed by atoms with Crippen molar-refractivity contribution in [2.75, 3.05) is 0 Å². The smallest absolute Gasteiger partial charge is 0.167 e. The molecule has 1 saturated carbocycles. The zero-order valence-corrected chi connectivity index (χ0v) is 17.2. The average Bonchev–Trinajstić information content (AvgIpc) is 3.34. The highest BCUT2D eigenvalue weighted by Crippen LogP contribution is 2.36. The van der Waals surface area contributed by atoms with Crippen molar-refractivity contribution in [2.45, 2.75) is 64.9 Å². The standard InChI is InChI=1S/C25H28FNO2/c1-16-11-18(8-10-22(16)19-5-3-4-6-19)15-29-25-13-20-12-21(9-7-17(2)28)27-24(20)14-23(25)26/h8,10-14,19,27H,3-7,9,15H2,1-2H3. The Morgan fingerprint density at radius 2 is 1.97 bits per heavy atom. The van der Waals surface area contributed by atoms with Gasteiger partial charge in [-0.25, -0.2) is 4.39 Å². The lowest BCUT2D eigenvalue weighted by Crippen LogP contribution is -2.01. The van der Waals surface area contributed by atoms with Crippen LogP contribution in [0.15, 0.2) is 36.4 Å². The number of fused-ring (bicyclic) bond motifs is 1. The number of hydrogen-bond donors (Lipinski definition) is 1. The molecule has 1 fully saturated rings. The molecule has 2 aromatic carbocycles. The highest BCUT2D eigenvalue weighted by Gasteiger charge is 2.18. The molecule has 1 N–H and O–H groups in total. The second-order valence-electron chi connectivity index (χ2n) is 8.33. The Hall–Kier alpha value is -2.62. The summed E-state index contributed by atoms with van der Waals surface area (Å²) in [5.41, 5.74) is 5.47. The maximum absolute atomic E-state index is 14.5. The van der Waals surface area contributed by atoms with Crippen LogP contribution in [0.25, 0.3) is 10.9 Å². The number of hydrogen-bond acceptors (Lipinski definition) is 2. The number of ketones is 1. The molecule has 0 spiro atoms. The molecule has 0 radical (unpaired) electrons. The van der Waals surface area contributed by atoms with Gasteiger partial charge in [-0.05, 0) is 67.9 Å². The zero-order valence-electron chi connectivity index (χ0n) is 17.2. The monoisotopic (exact) mass is 393 g/mol. The summed E-state index contributed by atoms with van der Waals surface area (Å²) in [4.78, 5) is 14.4. The fourth-order valence-corrected chi connectivity index (χ4v) is 4.43. The molecule has 0 aliphatic heterocycles. The van der Waals surface area contributed by atoms with E-state index in [9.17, 15) is 9.18 Å². The fourth-order valence-electron chi connectivity index (χ4n) is 4.43. The summed E-state index contributed by atoms with van der Waals surface area (Å²) < 4.78 is 20.3. The first-order valence-electron chi connectivity index (χ1n) is 10.5. The van der Waals surface area contributed by atoms with Gasteiger partial charge in [0.15, 0.2) is 11.6 Å². The van der Waals surface area contributed by atoms with Crippen LogP contribution >= 0.6 is 0 Å². The molecule has 0 bridgehead atoms. The minimum absolute atomic E-state index is 0.146. The number of aryl methyl sites for hydroxylation is 2. The van der Waals surface area contributed by atoms with Gasteiger partial charge in [0.25, 0.3) is 0 Å². The molecular weight excluding hydrogens is 365 g/mol. The second-order valence-corrected chi connectivity index (χ2v) is 8.33. The third kappa shape index (κ3) is 4.52. The Morgan fingerprint density at radius 3 is 2.69 bits per heavy atom. The van der Waals surface area contributed by atoms with Crippen molar-refractivity contribution in [1.82, 2.24) is 4.98 Å². The summed E-state index contributed by atoms with van der Waals surface area (Å²) in [6.45, 7) is 4.08. The Kier molecular flexibility index (Phi) is 5.70. The minimum Gasteiger partial charge on any atom is -0.486 e. The van der Waals surface area contributed by atoms with E-state index in [0.717, 1.165) is 22.2 Å². The van der Waals surface area contributed by atoms with E-state index in [2.05, 4.69) is 30.1 Å². The van der Waals surface area contributed by atoms with Crippen LogP contribution in [0.1, 0.15) is 67.3 Å². The summed E-state index contributed by atoms with van der Waals surface area (Å²) >= 11 is 0. The predicted octanol–water partition coefficient (Wildman–Crippen LogP) is 6.37. The summed E-state index contributed by atoms with van der Waals surface area (Å²) in [5.74, 6) is 0.715. The van der Waals surface area contributed by atoms with Crippen LogP contribution in [0.3, 0.4) is 0 Å². The molecule has 1 aliphatic rings. The molecule has 1 aliphatic carbocycles. The number of Topliss-reactive ketones (excluding diaryl/α,β-unsaturated/α-hetero) is 1. The Labute approximate surface area is 171 Å². The molecule has 0 unspecified atom stereocenters. The molecule has 29 heavy (non-hydrogen) atoms. The van der Waals surface area contributed by atoms with Crippen molar-refractivity contribution >= 4 is 16.7 Å². The highest BCUT2D eigenvalue weighted by atomic mass is 19.1. The van der Waals surface area contributed by atoms with Crippen LogP contribution in [0.4, 0.5) is 4.39 Å². The molecular formula is C25H28FNO2. The molecule has 152 valence electrons. The average molecular weight is 394 g/mol. The predicted molar refractivity (Wildman–Crippen MR) is 114 cm³/mol. The maximum Gasteiger partial charge on any atom is 0.167 e. The quantitative estimate of drug-likeness (QED) is 0.506. The first kappa shape index (κ1) is 19.7.